The van der Waals surface area contributed by atoms with Gasteiger partial charge in [0.25, 0.3) is 5.91 Å². The molecule has 0 bridgehead atoms. The number of hydrogen-bond acceptors (Lipinski definition) is 8. The Bertz CT molecular complexity index is 1600. The van der Waals surface area contributed by atoms with Crippen LogP contribution < -0.4 is 25.0 Å². The molecule has 0 atom stereocenters. The summed E-state index contributed by atoms with van der Waals surface area (Å²) in [6.07, 6.45) is 0. The predicted molar refractivity (Wildman–Crippen MR) is 161 cm³/mol. The van der Waals surface area contributed by atoms with Crippen molar-refractivity contribution in [3.8, 4) is 17.6 Å². The number of nitriles is 1. The fourth-order valence-corrected chi connectivity index (χ4v) is 5.33. The minimum Gasteiger partial charge on any atom is -0.486 e. The quantitative estimate of drug-likeness (QED) is 0.438. The van der Waals surface area contributed by atoms with Gasteiger partial charge in [0.2, 0.25) is 5.91 Å². The number of ether oxygens (including phenoxy) is 2. The van der Waals surface area contributed by atoms with Crippen molar-refractivity contribution in [3.63, 3.8) is 0 Å². The average Bonchev–Trinajstić information content (AvgIpc) is 3.35. The van der Waals surface area contributed by atoms with Crippen molar-refractivity contribution in [2.75, 3.05) is 75.6 Å². The Morgan fingerprint density at radius 2 is 1.74 bits per heavy atom. The highest BCUT2D eigenvalue weighted by molar-refractivity contribution is 6.37. The van der Waals surface area contributed by atoms with Crippen molar-refractivity contribution in [2.45, 2.75) is 0 Å². The number of carbonyl (C=O) groups is 2. The van der Waals surface area contributed by atoms with Crippen LogP contribution in [0.1, 0.15) is 16.7 Å². The number of rotatable bonds is 6. The van der Waals surface area contributed by atoms with E-state index in [9.17, 15) is 14.9 Å². The van der Waals surface area contributed by atoms with Gasteiger partial charge in [-0.1, -0.05) is 6.07 Å². The molecule has 0 spiro atoms. The van der Waals surface area contributed by atoms with Gasteiger partial charge in [-0.15, -0.1) is 0 Å². The molecule has 10 nitrogen and oxygen atoms in total. The number of nitrogens with zero attached hydrogens (tertiary/aromatic N) is 4. The molecule has 10 heteroatoms. The first kappa shape index (κ1) is 27.3. The van der Waals surface area contributed by atoms with Gasteiger partial charge in [0.05, 0.1) is 35.1 Å². The second-order valence-corrected chi connectivity index (χ2v) is 10.6. The minimum absolute atomic E-state index is 0.0373. The number of anilines is 3. The molecular formula is C32H32N6O4. The second kappa shape index (κ2) is 11.6. The molecule has 42 heavy (non-hydrogen) atoms. The highest BCUT2D eigenvalue weighted by Gasteiger charge is 2.29. The van der Waals surface area contributed by atoms with Crippen LogP contribution in [0.25, 0.3) is 11.3 Å². The maximum atomic E-state index is 13.3. The number of benzene rings is 3. The molecule has 0 aromatic heterocycles. The molecule has 3 aromatic carbocycles. The van der Waals surface area contributed by atoms with Gasteiger partial charge in [-0.2, -0.15) is 5.26 Å². The van der Waals surface area contributed by atoms with Crippen molar-refractivity contribution >= 4 is 40.1 Å². The lowest BCUT2D eigenvalue weighted by molar-refractivity contribution is -0.119. The highest BCUT2D eigenvalue weighted by Crippen LogP contribution is 2.40. The van der Waals surface area contributed by atoms with Crippen LogP contribution in [-0.4, -0.2) is 81.6 Å². The molecule has 0 aliphatic carbocycles. The zero-order chi connectivity index (χ0) is 29.2. The molecule has 1 saturated heterocycles. The zero-order valence-corrected chi connectivity index (χ0v) is 23.6. The second-order valence-electron chi connectivity index (χ2n) is 10.6. The number of piperazine rings is 1. The van der Waals surface area contributed by atoms with Crippen LogP contribution in [0.2, 0.25) is 0 Å². The van der Waals surface area contributed by atoms with E-state index in [2.05, 4.69) is 33.6 Å². The van der Waals surface area contributed by atoms with Gasteiger partial charge in [0.1, 0.15) is 13.2 Å². The molecule has 2 N–H and O–H groups in total. The number of fused-ring (bicyclic) bond motifs is 2. The molecule has 3 heterocycles. The van der Waals surface area contributed by atoms with Gasteiger partial charge in [-0.05, 0) is 61.6 Å². The number of amides is 2. The van der Waals surface area contributed by atoms with E-state index in [1.165, 1.54) is 0 Å². The standard InChI is InChI=1S/C32H32N6O4/c1-36-11-13-38(14-12-36)20-29(39)37(2)24-7-5-23(6-8-24)34-31(22-4-10-27-28(18-22)42-16-15-41-27)30-25-9-3-21(19-33)17-26(25)35-32(30)40/h3-10,17-18,34H,11-16,20H2,1-2H3,(H,35,40)/b31-30-. The van der Waals surface area contributed by atoms with Gasteiger partial charge in [0.15, 0.2) is 11.5 Å². The van der Waals surface area contributed by atoms with Crippen molar-refractivity contribution in [1.29, 1.82) is 5.26 Å². The van der Waals surface area contributed by atoms with Crippen LogP contribution >= 0.6 is 0 Å². The summed E-state index contributed by atoms with van der Waals surface area (Å²) in [7, 11) is 3.89. The molecule has 0 radical (unpaired) electrons. The minimum atomic E-state index is -0.275. The summed E-state index contributed by atoms with van der Waals surface area (Å²) in [6.45, 7) is 4.98. The maximum absolute atomic E-state index is 13.3. The summed E-state index contributed by atoms with van der Waals surface area (Å²) in [6, 6.07) is 20.4. The number of carbonyl (C=O) groups excluding carboxylic acids is 2. The molecule has 6 rings (SSSR count). The molecule has 1 fully saturated rings. The first-order valence-electron chi connectivity index (χ1n) is 13.9. The summed E-state index contributed by atoms with van der Waals surface area (Å²) in [4.78, 5) is 32.4. The van der Waals surface area contributed by atoms with Gasteiger partial charge < -0.3 is 29.9 Å². The van der Waals surface area contributed by atoms with Crippen molar-refractivity contribution in [1.82, 2.24) is 9.80 Å². The smallest absolute Gasteiger partial charge is 0.258 e. The van der Waals surface area contributed by atoms with E-state index in [1.807, 2.05) is 42.5 Å². The Labute approximate surface area is 244 Å². The van der Waals surface area contributed by atoms with Crippen LogP contribution in [0, 0.1) is 11.3 Å². The first-order chi connectivity index (χ1) is 20.4. The summed E-state index contributed by atoms with van der Waals surface area (Å²) >= 11 is 0. The fourth-order valence-electron chi connectivity index (χ4n) is 5.33. The summed E-state index contributed by atoms with van der Waals surface area (Å²) in [5, 5.41) is 15.7. The number of hydrogen-bond donors (Lipinski definition) is 2. The third kappa shape index (κ3) is 5.52. The molecule has 2 amide bonds. The average molecular weight is 565 g/mol. The van der Waals surface area contributed by atoms with E-state index < -0.39 is 0 Å². The Kier molecular flexibility index (Phi) is 7.52. The molecular weight excluding hydrogens is 532 g/mol. The maximum Gasteiger partial charge on any atom is 0.258 e. The molecule has 214 valence electrons. The third-order valence-corrected chi connectivity index (χ3v) is 7.83. The Hall–Kier alpha value is -4.85. The largest absolute Gasteiger partial charge is 0.486 e. The third-order valence-electron chi connectivity index (χ3n) is 7.83. The number of nitrogens with one attached hydrogen (secondary N) is 2. The topological polar surface area (TPSA) is 110 Å². The van der Waals surface area contributed by atoms with E-state index >= 15 is 0 Å². The summed E-state index contributed by atoms with van der Waals surface area (Å²) < 4.78 is 11.5. The highest BCUT2D eigenvalue weighted by atomic mass is 16.6. The van der Waals surface area contributed by atoms with Gasteiger partial charge >= 0.3 is 0 Å². The SMILES string of the molecule is CN1CCN(CC(=O)N(C)c2ccc(N/C(=C3\C(=O)Nc4cc(C#N)ccc43)c3ccc4c(c3)OCCO4)cc2)CC1. The lowest BCUT2D eigenvalue weighted by Gasteiger charge is -2.32. The molecule has 0 saturated carbocycles. The lowest BCUT2D eigenvalue weighted by atomic mass is 9.98. The van der Waals surface area contributed by atoms with Crippen molar-refractivity contribution in [3.05, 3.63) is 77.4 Å². The fraction of sp³-hybridized carbons (Fsp3) is 0.281. The monoisotopic (exact) mass is 564 g/mol. The van der Waals surface area contributed by atoms with Crippen LogP contribution in [-0.2, 0) is 9.59 Å². The van der Waals surface area contributed by atoms with Gasteiger partial charge in [-0.25, -0.2) is 0 Å². The normalized spacial score (nSPS) is 17.6. The van der Waals surface area contributed by atoms with E-state index in [4.69, 9.17) is 9.47 Å². The van der Waals surface area contributed by atoms with Crippen molar-refractivity contribution < 1.29 is 19.1 Å². The molecule has 3 aromatic rings. The van der Waals surface area contributed by atoms with E-state index in [0.29, 0.717) is 59.3 Å². The van der Waals surface area contributed by atoms with Crippen LogP contribution in [0.4, 0.5) is 17.1 Å². The van der Waals surface area contributed by atoms with Crippen LogP contribution in [0.3, 0.4) is 0 Å². The Morgan fingerprint density at radius 1 is 1.00 bits per heavy atom. The first-order valence-corrected chi connectivity index (χ1v) is 13.9. The summed E-state index contributed by atoms with van der Waals surface area (Å²) in [5.41, 5.74) is 5.04. The van der Waals surface area contributed by atoms with Crippen molar-refractivity contribution in [2.24, 2.45) is 0 Å². The number of likely N-dealkylation sites (N-methyl/N-ethyl adjacent to an activating group) is 2. The van der Waals surface area contributed by atoms with Gasteiger partial charge in [0, 0.05) is 55.7 Å². The summed E-state index contributed by atoms with van der Waals surface area (Å²) in [5.74, 6) is 1.02. The predicted octanol–water partition coefficient (Wildman–Crippen LogP) is 3.47. The zero-order valence-electron chi connectivity index (χ0n) is 23.6. The van der Waals surface area contributed by atoms with Crippen LogP contribution in [0.15, 0.2) is 60.7 Å². The Morgan fingerprint density at radius 3 is 2.48 bits per heavy atom. The molecule has 0 unspecified atom stereocenters. The van der Waals surface area contributed by atoms with E-state index in [1.54, 1.807) is 30.1 Å². The Balaban J connectivity index is 1.29. The molecule has 3 aliphatic rings. The lowest BCUT2D eigenvalue weighted by Crippen LogP contribution is -2.48. The van der Waals surface area contributed by atoms with E-state index in [0.717, 1.165) is 43.1 Å². The van der Waals surface area contributed by atoms with E-state index in [-0.39, 0.29) is 11.8 Å². The van der Waals surface area contributed by atoms with Crippen LogP contribution in [0.5, 0.6) is 11.5 Å². The van der Waals surface area contributed by atoms with Gasteiger partial charge in [-0.3, -0.25) is 14.5 Å². The molecule has 3 aliphatic heterocycles.